The van der Waals surface area contributed by atoms with E-state index in [1.165, 1.54) is 0 Å². The van der Waals surface area contributed by atoms with Crippen molar-refractivity contribution in [3.63, 3.8) is 0 Å². The zero-order valence-corrected chi connectivity index (χ0v) is 8.95. The smallest absolute Gasteiger partial charge is 0.184 e. The summed E-state index contributed by atoms with van der Waals surface area (Å²) in [5.74, 6) is 0. The summed E-state index contributed by atoms with van der Waals surface area (Å²) in [5, 5.41) is 0. The van der Waals surface area contributed by atoms with Crippen LogP contribution in [0.5, 0.6) is 0 Å². The van der Waals surface area contributed by atoms with E-state index in [-0.39, 0.29) is 6.10 Å². The van der Waals surface area contributed by atoms with Gasteiger partial charge in [0.25, 0.3) is 0 Å². The second-order valence-electron chi connectivity index (χ2n) is 3.85. The van der Waals surface area contributed by atoms with Crippen LogP contribution in [0, 0.1) is 0 Å². The van der Waals surface area contributed by atoms with Crippen LogP contribution in [0.15, 0.2) is 36.5 Å². The van der Waals surface area contributed by atoms with Crippen LogP contribution in [0.3, 0.4) is 0 Å². The molecule has 0 fully saturated rings. The molecule has 0 heterocycles. The van der Waals surface area contributed by atoms with Crippen LogP contribution < -0.4 is 0 Å². The minimum atomic E-state index is -1.40. The summed E-state index contributed by atoms with van der Waals surface area (Å²) >= 11 is 0. The van der Waals surface area contributed by atoms with Crippen molar-refractivity contribution in [2.24, 2.45) is 0 Å². The first-order valence-electron chi connectivity index (χ1n) is 4.27. The molecule has 2 heteroatoms. The highest BCUT2D eigenvalue weighted by Crippen LogP contribution is 2.10. The summed E-state index contributed by atoms with van der Waals surface area (Å²) in [6.45, 7) is 6.60. The first-order valence-corrected chi connectivity index (χ1v) is 7.68. The minimum absolute atomic E-state index is 0.173. The lowest BCUT2D eigenvalue weighted by Crippen LogP contribution is -2.30. The highest BCUT2D eigenvalue weighted by atomic mass is 28.4. The monoisotopic (exact) mass is 180 g/mol. The average Bonchev–Trinajstić information content (AvgIpc) is 2.12. The molecule has 0 aliphatic heterocycles. The molecular formula is C10H16OSi. The lowest BCUT2D eigenvalue weighted by Gasteiger charge is -2.21. The molecule has 0 aromatic rings. The predicted octanol–water partition coefficient (Wildman–Crippen LogP) is 2.89. The summed E-state index contributed by atoms with van der Waals surface area (Å²) in [6, 6.07) is 0. The molecule has 1 nitrogen and oxygen atoms in total. The quantitative estimate of drug-likeness (QED) is 0.594. The first kappa shape index (κ1) is 9.48. The fourth-order valence-electron chi connectivity index (χ4n) is 1.03. The van der Waals surface area contributed by atoms with E-state index in [1.54, 1.807) is 0 Å². The maximum Gasteiger partial charge on any atom is 0.184 e. The molecule has 0 saturated heterocycles. The van der Waals surface area contributed by atoms with Gasteiger partial charge in [0.15, 0.2) is 8.32 Å². The molecule has 1 aliphatic rings. The molecule has 0 saturated carbocycles. The van der Waals surface area contributed by atoms with Gasteiger partial charge in [-0.2, -0.15) is 0 Å². The molecular weight excluding hydrogens is 164 g/mol. The molecule has 0 amide bonds. The maximum atomic E-state index is 5.88. The Balaban J connectivity index is 2.54. The Morgan fingerprint density at radius 1 is 0.917 bits per heavy atom. The van der Waals surface area contributed by atoms with E-state index in [0.29, 0.717) is 0 Å². The Morgan fingerprint density at radius 3 is 1.83 bits per heavy atom. The van der Waals surface area contributed by atoms with Gasteiger partial charge in [-0.25, -0.2) is 0 Å². The molecule has 1 aliphatic carbocycles. The lowest BCUT2D eigenvalue weighted by atomic mass is 10.3. The number of hydrogen-bond acceptors (Lipinski definition) is 1. The molecule has 0 aromatic heterocycles. The third-order valence-corrected chi connectivity index (χ3v) is 2.40. The average molecular weight is 180 g/mol. The fraction of sp³-hybridized carbons (Fsp3) is 0.400. The van der Waals surface area contributed by atoms with Crippen molar-refractivity contribution in [2.75, 3.05) is 0 Å². The van der Waals surface area contributed by atoms with Crippen molar-refractivity contribution in [2.45, 2.75) is 25.7 Å². The van der Waals surface area contributed by atoms with Gasteiger partial charge in [0.1, 0.15) is 0 Å². The van der Waals surface area contributed by atoms with Gasteiger partial charge in [0.2, 0.25) is 0 Å². The standard InChI is InChI=1S/C10H16OSi/c1-12(2,3)11-10-8-6-4-5-7-9-10/h4-10H,1-3H3. The van der Waals surface area contributed by atoms with Crippen molar-refractivity contribution in [1.29, 1.82) is 0 Å². The normalized spacial score (nSPS) is 18.2. The Labute approximate surface area is 75.6 Å². The Bertz CT molecular complexity index is 204. The Kier molecular flexibility index (Phi) is 3.06. The second kappa shape index (κ2) is 3.87. The predicted molar refractivity (Wildman–Crippen MR) is 55.6 cm³/mol. The zero-order chi connectivity index (χ0) is 9.03. The number of allylic oxidation sites excluding steroid dienone is 4. The van der Waals surface area contributed by atoms with Crippen molar-refractivity contribution in [1.82, 2.24) is 0 Å². The molecule has 0 bridgehead atoms. The van der Waals surface area contributed by atoms with E-state index in [2.05, 4.69) is 31.8 Å². The third-order valence-electron chi connectivity index (χ3n) is 1.42. The van der Waals surface area contributed by atoms with Crippen molar-refractivity contribution >= 4 is 8.32 Å². The van der Waals surface area contributed by atoms with E-state index < -0.39 is 8.32 Å². The Morgan fingerprint density at radius 2 is 1.42 bits per heavy atom. The van der Waals surface area contributed by atoms with E-state index in [0.717, 1.165) is 0 Å². The van der Waals surface area contributed by atoms with Gasteiger partial charge in [-0.3, -0.25) is 0 Å². The molecule has 0 unspecified atom stereocenters. The molecule has 1 rings (SSSR count). The topological polar surface area (TPSA) is 9.23 Å². The fourth-order valence-corrected chi connectivity index (χ4v) is 2.00. The summed E-state index contributed by atoms with van der Waals surface area (Å²) < 4.78 is 5.88. The van der Waals surface area contributed by atoms with E-state index >= 15 is 0 Å². The van der Waals surface area contributed by atoms with Gasteiger partial charge in [-0.05, 0) is 19.6 Å². The molecule has 0 N–H and O–H groups in total. The second-order valence-corrected chi connectivity index (χ2v) is 8.31. The van der Waals surface area contributed by atoms with Crippen LogP contribution in [-0.4, -0.2) is 14.4 Å². The first-order chi connectivity index (χ1) is 5.58. The highest BCUT2D eigenvalue weighted by molar-refractivity contribution is 6.69. The Hall–Kier alpha value is -0.603. The van der Waals surface area contributed by atoms with Gasteiger partial charge < -0.3 is 4.43 Å². The van der Waals surface area contributed by atoms with Crippen molar-refractivity contribution < 1.29 is 4.43 Å². The minimum Gasteiger partial charge on any atom is -0.408 e. The van der Waals surface area contributed by atoms with Crippen molar-refractivity contribution in [3.8, 4) is 0 Å². The third kappa shape index (κ3) is 3.69. The number of rotatable bonds is 2. The van der Waals surface area contributed by atoms with Gasteiger partial charge >= 0.3 is 0 Å². The van der Waals surface area contributed by atoms with E-state index in [4.69, 9.17) is 4.43 Å². The molecule has 66 valence electrons. The molecule has 12 heavy (non-hydrogen) atoms. The van der Waals surface area contributed by atoms with Gasteiger partial charge in [0.05, 0.1) is 6.10 Å². The number of hydrogen-bond donors (Lipinski definition) is 0. The molecule has 0 radical (unpaired) electrons. The summed E-state index contributed by atoms with van der Waals surface area (Å²) in [7, 11) is -1.40. The maximum absolute atomic E-state index is 5.88. The lowest BCUT2D eigenvalue weighted by molar-refractivity contribution is 0.290. The molecule has 0 spiro atoms. The van der Waals surface area contributed by atoms with E-state index in [1.807, 2.05) is 24.3 Å². The van der Waals surface area contributed by atoms with E-state index in [9.17, 15) is 0 Å². The van der Waals surface area contributed by atoms with Crippen LogP contribution in [0.1, 0.15) is 0 Å². The summed E-state index contributed by atoms with van der Waals surface area (Å²) in [4.78, 5) is 0. The highest BCUT2D eigenvalue weighted by Gasteiger charge is 2.17. The van der Waals surface area contributed by atoms with Gasteiger partial charge in [-0.1, -0.05) is 36.5 Å². The largest absolute Gasteiger partial charge is 0.408 e. The van der Waals surface area contributed by atoms with Gasteiger partial charge in [0, 0.05) is 0 Å². The summed E-state index contributed by atoms with van der Waals surface area (Å²) in [6.07, 6.45) is 12.4. The van der Waals surface area contributed by atoms with Crippen LogP contribution in [0.2, 0.25) is 19.6 Å². The summed E-state index contributed by atoms with van der Waals surface area (Å²) in [5.41, 5.74) is 0. The SMILES string of the molecule is C[Si](C)(C)OC1C=CC=CC=C1. The molecule has 0 aromatic carbocycles. The van der Waals surface area contributed by atoms with Crippen LogP contribution in [-0.2, 0) is 4.43 Å². The molecule has 0 atom stereocenters. The van der Waals surface area contributed by atoms with Crippen LogP contribution in [0.4, 0.5) is 0 Å². The van der Waals surface area contributed by atoms with Gasteiger partial charge in [-0.15, -0.1) is 0 Å². The van der Waals surface area contributed by atoms with Crippen molar-refractivity contribution in [3.05, 3.63) is 36.5 Å². The van der Waals surface area contributed by atoms with Crippen LogP contribution in [0.25, 0.3) is 0 Å². The zero-order valence-electron chi connectivity index (χ0n) is 7.95. The van der Waals surface area contributed by atoms with Crippen LogP contribution >= 0.6 is 0 Å².